The minimum Gasteiger partial charge on any atom is -0.352 e. The lowest BCUT2D eigenvalue weighted by molar-refractivity contribution is -0.384. The lowest BCUT2D eigenvalue weighted by Gasteiger charge is -2.30. The fraction of sp³-hybridized carbons (Fsp3) is 0.533. The van der Waals surface area contributed by atoms with Gasteiger partial charge in [0.1, 0.15) is 0 Å². The third-order valence-corrected chi connectivity index (χ3v) is 3.87. The maximum Gasteiger partial charge on any atom is 0.269 e. The summed E-state index contributed by atoms with van der Waals surface area (Å²) >= 11 is 0. The Labute approximate surface area is 124 Å². The largest absolute Gasteiger partial charge is 0.352 e. The molecule has 0 aliphatic carbocycles. The van der Waals surface area contributed by atoms with Gasteiger partial charge in [0, 0.05) is 30.6 Å². The van der Waals surface area contributed by atoms with Crippen molar-refractivity contribution in [1.29, 1.82) is 0 Å². The van der Waals surface area contributed by atoms with Crippen molar-refractivity contribution in [2.75, 3.05) is 6.54 Å². The van der Waals surface area contributed by atoms with E-state index in [4.69, 9.17) is 0 Å². The van der Waals surface area contributed by atoms with Gasteiger partial charge in [0.2, 0.25) is 5.91 Å². The first kappa shape index (κ1) is 15.4. The van der Waals surface area contributed by atoms with Crippen LogP contribution in [0, 0.1) is 10.1 Å². The maximum absolute atomic E-state index is 12.0. The molecule has 1 aliphatic heterocycles. The van der Waals surface area contributed by atoms with Gasteiger partial charge in [-0.05, 0) is 38.3 Å². The number of aryl methyl sites for hydroxylation is 1. The minimum atomic E-state index is -0.418. The topological polar surface area (TPSA) is 84.3 Å². The molecule has 1 aliphatic rings. The number of carbonyl (C=O) groups is 1. The van der Waals surface area contributed by atoms with Gasteiger partial charge in [-0.1, -0.05) is 12.1 Å². The highest BCUT2D eigenvalue weighted by Gasteiger charge is 2.22. The molecule has 1 amide bonds. The van der Waals surface area contributed by atoms with E-state index >= 15 is 0 Å². The number of benzene rings is 1. The van der Waals surface area contributed by atoms with Gasteiger partial charge in [0.15, 0.2) is 0 Å². The summed E-state index contributed by atoms with van der Waals surface area (Å²) in [6, 6.07) is 6.91. The van der Waals surface area contributed by atoms with Crippen molar-refractivity contribution in [2.24, 2.45) is 0 Å². The summed E-state index contributed by atoms with van der Waals surface area (Å²) < 4.78 is 0. The van der Waals surface area contributed by atoms with Crippen molar-refractivity contribution >= 4 is 11.6 Å². The molecule has 2 unspecified atom stereocenters. The van der Waals surface area contributed by atoms with Gasteiger partial charge in [0.05, 0.1) is 4.92 Å². The van der Waals surface area contributed by atoms with Crippen molar-refractivity contribution < 1.29 is 9.72 Å². The average molecular weight is 291 g/mol. The molecule has 2 N–H and O–H groups in total. The molecule has 1 fully saturated rings. The zero-order chi connectivity index (χ0) is 15.2. The summed E-state index contributed by atoms with van der Waals surface area (Å²) in [6.07, 6.45) is 2.93. The van der Waals surface area contributed by atoms with Crippen LogP contribution in [0.2, 0.25) is 0 Å². The molecule has 0 aromatic heterocycles. The number of nitrogens with one attached hydrogen (secondary N) is 2. The number of piperidine rings is 1. The van der Waals surface area contributed by atoms with E-state index in [1.165, 1.54) is 12.1 Å². The normalized spacial score (nSPS) is 21.8. The number of rotatable bonds is 5. The van der Waals surface area contributed by atoms with Crippen molar-refractivity contribution in [3.8, 4) is 0 Å². The molecule has 1 heterocycles. The predicted octanol–water partition coefficient (Wildman–Crippen LogP) is 1.78. The van der Waals surface area contributed by atoms with E-state index in [-0.39, 0.29) is 17.6 Å². The highest BCUT2D eigenvalue weighted by atomic mass is 16.6. The van der Waals surface area contributed by atoms with Crippen LogP contribution in [-0.4, -0.2) is 29.5 Å². The second-order valence-electron chi connectivity index (χ2n) is 5.49. The molecule has 0 radical (unpaired) electrons. The van der Waals surface area contributed by atoms with Crippen molar-refractivity contribution in [3.05, 3.63) is 39.9 Å². The molecule has 21 heavy (non-hydrogen) atoms. The van der Waals surface area contributed by atoms with Crippen LogP contribution in [0.25, 0.3) is 0 Å². The Morgan fingerprint density at radius 2 is 2.33 bits per heavy atom. The molecule has 1 saturated heterocycles. The summed E-state index contributed by atoms with van der Waals surface area (Å²) in [5, 5.41) is 17.1. The summed E-state index contributed by atoms with van der Waals surface area (Å²) in [5.41, 5.74) is 0.882. The van der Waals surface area contributed by atoms with E-state index in [9.17, 15) is 14.9 Å². The lowest BCUT2D eigenvalue weighted by atomic mass is 9.99. The quantitative estimate of drug-likeness (QED) is 0.640. The summed E-state index contributed by atoms with van der Waals surface area (Å²) in [6.45, 7) is 3.08. The molecule has 114 valence electrons. The number of nitro groups is 1. The van der Waals surface area contributed by atoms with Crippen molar-refractivity contribution in [1.82, 2.24) is 10.6 Å². The van der Waals surface area contributed by atoms with E-state index in [0.29, 0.717) is 18.9 Å². The molecular formula is C15H21N3O3. The molecule has 0 spiro atoms. The van der Waals surface area contributed by atoms with Gasteiger partial charge in [-0.15, -0.1) is 0 Å². The first-order chi connectivity index (χ1) is 10.1. The van der Waals surface area contributed by atoms with Crippen LogP contribution in [0.1, 0.15) is 31.7 Å². The number of carbonyl (C=O) groups excluding carboxylic acids is 1. The highest BCUT2D eigenvalue weighted by Crippen LogP contribution is 2.14. The van der Waals surface area contributed by atoms with Crippen molar-refractivity contribution in [3.63, 3.8) is 0 Å². The maximum atomic E-state index is 12.0. The third-order valence-electron chi connectivity index (χ3n) is 3.87. The third kappa shape index (κ3) is 4.53. The smallest absolute Gasteiger partial charge is 0.269 e. The molecule has 0 bridgehead atoms. The Kier molecular flexibility index (Phi) is 5.27. The van der Waals surface area contributed by atoms with Crippen molar-refractivity contribution in [2.45, 2.75) is 44.7 Å². The molecule has 6 heteroatoms. The number of nitro benzene ring substituents is 1. The summed E-state index contributed by atoms with van der Waals surface area (Å²) in [7, 11) is 0. The van der Waals surface area contributed by atoms with Crippen LogP contribution in [0.4, 0.5) is 5.69 Å². The van der Waals surface area contributed by atoms with E-state index in [1.807, 2.05) is 6.07 Å². The molecular weight excluding hydrogens is 270 g/mol. The Bertz CT molecular complexity index is 519. The van der Waals surface area contributed by atoms with E-state index in [1.54, 1.807) is 6.07 Å². The SMILES string of the molecule is CC1NCCCC1NC(=O)CCc1cccc([N+](=O)[O-])c1. The van der Waals surface area contributed by atoms with Crippen LogP contribution < -0.4 is 10.6 Å². The van der Waals surface area contributed by atoms with Crippen LogP contribution in [0.5, 0.6) is 0 Å². The zero-order valence-corrected chi connectivity index (χ0v) is 12.2. The Balaban J connectivity index is 1.83. The molecule has 6 nitrogen and oxygen atoms in total. The van der Waals surface area contributed by atoms with E-state index < -0.39 is 4.92 Å². The number of non-ortho nitro benzene ring substituents is 1. The Morgan fingerprint density at radius 3 is 3.05 bits per heavy atom. The number of hydrogen-bond acceptors (Lipinski definition) is 4. The zero-order valence-electron chi connectivity index (χ0n) is 12.2. The van der Waals surface area contributed by atoms with Gasteiger partial charge in [0.25, 0.3) is 5.69 Å². The second kappa shape index (κ2) is 7.17. The van der Waals surface area contributed by atoms with Gasteiger partial charge in [-0.2, -0.15) is 0 Å². The molecule has 2 rings (SSSR count). The van der Waals surface area contributed by atoms with Gasteiger partial charge in [-0.25, -0.2) is 0 Å². The average Bonchev–Trinajstić information content (AvgIpc) is 2.48. The Hall–Kier alpha value is -1.95. The van der Waals surface area contributed by atoms with Gasteiger partial charge >= 0.3 is 0 Å². The minimum absolute atomic E-state index is 0.00190. The highest BCUT2D eigenvalue weighted by molar-refractivity contribution is 5.76. The monoisotopic (exact) mass is 291 g/mol. The van der Waals surface area contributed by atoms with Gasteiger partial charge in [-0.3, -0.25) is 14.9 Å². The van der Waals surface area contributed by atoms with Crippen LogP contribution in [0.15, 0.2) is 24.3 Å². The fourth-order valence-electron chi connectivity index (χ4n) is 2.60. The molecule has 2 atom stereocenters. The summed E-state index contributed by atoms with van der Waals surface area (Å²) in [5.74, 6) is 0.00190. The second-order valence-corrected chi connectivity index (χ2v) is 5.49. The molecule has 0 saturated carbocycles. The summed E-state index contributed by atoms with van der Waals surface area (Å²) in [4.78, 5) is 22.3. The number of nitrogens with zero attached hydrogens (tertiary/aromatic N) is 1. The van der Waals surface area contributed by atoms with Crippen LogP contribution >= 0.6 is 0 Å². The first-order valence-electron chi connectivity index (χ1n) is 7.32. The Morgan fingerprint density at radius 1 is 1.52 bits per heavy atom. The molecule has 1 aromatic carbocycles. The number of amides is 1. The lowest BCUT2D eigenvalue weighted by Crippen LogP contribution is -2.51. The number of hydrogen-bond donors (Lipinski definition) is 2. The molecule has 1 aromatic rings. The van der Waals surface area contributed by atoms with E-state index in [0.717, 1.165) is 24.9 Å². The van der Waals surface area contributed by atoms with E-state index in [2.05, 4.69) is 17.6 Å². The first-order valence-corrected chi connectivity index (χ1v) is 7.32. The predicted molar refractivity (Wildman–Crippen MR) is 80.0 cm³/mol. The fourth-order valence-corrected chi connectivity index (χ4v) is 2.60. The van der Waals surface area contributed by atoms with Crippen LogP contribution in [-0.2, 0) is 11.2 Å². The van der Waals surface area contributed by atoms with Crippen LogP contribution in [0.3, 0.4) is 0 Å². The van der Waals surface area contributed by atoms with Gasteiger partial charge < -0.3 is 10.6 Å². The standard InChI is InChI=1S/C15H21N3O3/c1-11-14(6-3-9-16-11)17-15(19)8-7-12-4-2-5-13(10-12)18(20)21/h2,4-5,10-11,14,16H,3,6-9H2,1H3,(H,17,19).